The van der Waals surface area contributed by atoms with Gasteiger partial charge in [0.05, 0.1) is 5.41 Å². The molecule has 0 aromatic heterocycles. The van der Waals surface area contributed by atoms with Crippen molar-refractivity contribution in [2.24, 2.45) is 5.41 Å². The van der Waals surface area contributed by atoms with Gasteiger partial charge >= 0.3 is 5.97 Å². The van der Waals surface area contributed by atoms with Crippen molar-refractivity contribution in [3.63, 3.8) is 0 Å². The summed E-state index contributed by atoms with van der Waals surface area (Å²) in [6, 6.07) is 5.48. The van der Waals surface area contributed by atoms with E-state index in [9.17, 15) is 14.7 Å². The van der Waals surface area contributed by atoms with Crippen molar-refractivity contribution in [3.05, 3.63) is 33.8 Å². The fraction of sp³-hybridized carbons (Fsp3) is 0.500. The lowest BCUT2D eigenvalue weighted by Crippen LogP contribution is -2.49. The number of rotatable bonds is 3. The fourth-order valence-corrected chi connectivity index (χ4v) is 3.13. The number of benzene rings is 1. The van der Waals surface area contributed by atoms with Crippen molar-refractivity contribution in [2.75, 3.05) is 13.1 Å². The van der Waals surface area contributed by atoms with E-state index in [1.54, 1.807) is 11.0 Å². The smallest absolute Gasteiger partial charge is 0.311 e. The Bertz CT molecular complexity index is 573. The number of carboxylic acids is 1. The molecule has 1 aromatic rings. The number of nitrogens with zero attached hydrogens (tertiary/aromatic N) is 1. The molecule has 1 heterocycles. The molecule has 0 aliphatic carbocycles. The normalized spacial score (nSPS) is 22.1. The lowest BCUT2D eigenvalue weighted by molar-refractivity contribution is -0.152. The largest absolute Gasteiger partial charge is 0.481 e. The molecular weight excluding hydrogens is 334 g/mol. The Morgan fingerprint density at radius 2 is 2.14 bits per heavy atom. The summed E-state index contributed by atoms with van der Waals surface area (Å²) in [5.74, 6) is -0.876. The highest BCUT2D eigenvalue weighted by atomic mass is 79.9. The predicted octanol–water partition coefficient (Wildman–Crippen LogP) is 3.47. The van der Waals surface area contributed by atoms with Crippen LogP contribution in [-0.2, 0) is 4.79 Å². The van der Waals surface area contributed by atoms with E-state index in [1.807, 2.05) is 26.0 Å². The standard InChI is InChI=1S/C16H20BrNO3/c1-3-16(15(20)21)7-4-8-18(10-16)14(19)12-5-6-13(17)11(2)9-12/h5-6,9H,3-4,7-8,10H2,1-2H3,(H,20,21). The van der Waals surface area contributed by atoms with Gasteiger partial charge in [-0.1, -0.05) is 22.9 Å². The van der Waals surface area contributed by atoms with Gasteiger partial charge in [0.2, 0.25) is 0 Å². The van der Waals surface area contributed by atoms with Gasteiger partial charge in [-0.25, -0.2) is 0 Å². The van der Waals surface area contributed by atoms with Gasteiger partial charge in [-0.15, -0.1) is 0 Å². The summed E-state index contributed by atoms with van der Waals surface area (Å²) in [5, 5.41) is 9.50. The van der Waals surface area contributed by atoms with Gasteiger partial charge in [-0.3, -0.25) is 9.59 Å². The minimum absolute atomic E-state index is 0.0793. The average molecular weight is 354 g/mol. The quantitative estimate of drug-likeness (QED) is 0.904. The van der Waals surface area contributed by atoms with Crippen molar-refractivity contribution in [2.45, 2.75) is 33.1 Å². The van der Waals surface area contributed by atoms with E-state index in [2.05, 4.69) is 15.9 Å². The number of carbonyl (C=O) groups is 2. The van der Waals surface area contributed by atoms with Gasteiger partial charge in [0, 0.05) is 23.1 Å². The number of hydrogen-bond acceptors (Lipinski definition) is 2. The van der Waals surface area contributed by atoms with Crippen molar-refractivity contribution in [1.29, 1.82) is 0 Å². The zero-order chi connectivity index (χ0) is 15.6. The molecular formula is C16H20BrNO3. The highest BCUT2D eigenvalue weighted by Gasteiger charge is 2.42. The van der Waals surface area contributed by atoms with Gasteiger partial charge in [0.25, 0.3) is 5.91 Å². The lowest BCUT2D eigenvalue weighted by Gasteiger charge is -2.39. The molecule has 1 atom stereocenters. The highest BCUT2D eigenvalue weighted by Crippen LogP contribution is 2.34. The van der Waals surface area contributed by atoms with Crippen molar-refractivity contribution >= 4 is 27.8 Å². The maximum absolute atomic E-state index is 12.6. The van der Waals surface area contributed by atoms with Gasteiger partial charge in [0.15, 0.2) is 0 Å². The van der Waals surface area contributed by atoms with Crippen molar-refractivity contribution < 1.29 is 14.7 Å². The minimum Gasteiger partial charge on any atom is -0.481 e. The molecule has 1 amide bonds. The van der Waals surface area contributed by atoms with Crippen LogP contribution in [0.3, 0.4) is 0 Å². The maximum Gasteiger partial charge on any atom is 0.311 e. The van der Waals surface area contributed by atoms with Gasteiger partial charge in [0.1, 0.15) is 0 Å². The Labute approximate surface area is 133 Å². The summed E-state index contributed by atoms with van der Waals surface area (Å²) in [4.78, 5) is 25.9. The number of carboxylic acid groups (broad SMARTS) is 1. The van der Waals surface area contributed by atoms with E-state index in [-0.39, 0.29) is 5.91 Å². The Morgan fingerprint density at radius 1 is 1.43 bits per heavy atom. The summed E-state index contributed by atoms with van der Waals surface area (Å²) in [7, 11) is 0. The van der Waals surface area contributed by atoms with Crippen LogP contribution in [0.25, 0.3) is 0 Å². The summed E-state index contributed by atoms with van der Waals surface area (Å²) >= 11 is 3.42. The van der Waals surface area contributed by atoms with Crippen molar-refractivity contribution in [1.82, 2.24) is 4.90 Å². The molecule has 4 nitrogen and oxygen atoms in total. The van der Waals surface area contributed by atoms with E-state index in [0.717, 1.165) is 16.5 Å². The second-order valence-electron chi connectivity index (χ2n) is 5.73. The Kier molecular flexibility index (Phi) is 4.71. The van der Waals surface area contributed by atoms with Crippen LogP contribution in [0.1, 0.15) is 42.1 Å². The SMILES string of the molecule is CCC1(C(=O)O)CCCN(C(=O)c2ccc(Br)c(C)c2)C1. The molecule has 5 heteroatoms. The molecule has 1 unspecified atom stereocenters. The predicted molar refractivity (Wildman–Crippen MR) is 84.4 cm³/mol. The first-order valence-corrected chi connectivity index (χ1v) is 7.98. The minimum atomic E-state index is -0.797. The van der Waals surface area contributed by atoms with Crippen LogP contribution in [-0.4, -0.2) is 35.0 Å². The first kappa shape index (κ1) is 16.0. The summed E-state index contributed by atoms with van der Waals surface area (Å²) < 4.78 is 0.964. The molecule has 0 saturated carbocycles. The van der Waals surface area contributed by atoms with Crippen LogP contribution >= 0.6 is 15.9 Å². The number of aryl methyl sites for hydroxylation is 1. The van der Waals surface area contributed by atoms with E-state index in [4.69, 9.17) is 0 Å². The number of carbonyl (C=O) groups excluding carboxylic acids is 1. The van der Waals surface area contributed by atoms with Crippen LogP contribution < -0.4 is 0 Å². The molecule has 114 valence electrons. The van der Waals surface area contributed by atoms with Gasteiger partial charge in [-0.2, -0.15) is 0 Å². The molecule has 1 aliphatic rings. The first-order valence-electron chi connectivity index (χ1n) is 7.18. The summed E-state index contributed by atoms with van der Waals surface area (Å²) in [6.45, 7) is 4.74. The van der Waals surface area contributed by atoms with Crippen LogP contribution in [0.15, 0.2) is 22.7 Å². The highest BCUT2D eigenvalue weighted by molar-refractivity contribution is 9.10. The molecule has 21 heavy (non-hydrogen) atoms. The van der Waals surface area contributed by atoms with E-state index >= 15 is 0 Å². The van der Waals surface area contributed by atoms with Crippen LogP contribution in [0.4, 0.5) is 0 Å². The molecule has 0 spiro atoms. The molecule has 0 radical (unpaired) electrons. The number of halogens is 1. The second-order valence-corrected chi connectivity index (χ2v) is 6.59. The number of likely N-dealkylation sites (tertiary alicyclic amines) is 1. The Balaban J connectivity index is 2.22. The van der Waals surface area contributed by atoms with Crippen LogP contribution in [0.2, 0.25) is 0 Å². The van der Waals surface area contributed by atoms with Crippen LogP contribution in [0.5, 0.6) is 0 Å². The number of amides is 1. The molecule has 1 aliphatic heterocycles. The molecule has 2 rings (SSSR count). The van der Waals surface area contributed by atoms with E-state index in [1.165, 1.54) is 0 Å². The zero-order valence-electron chi connectivity index (χ0n) is 12.4. The van der Waals surface area contributed by atoms with Crippen molar-refractivity contribution in [3.8, 4) is 0 Å². The summed E-state index contributed by atoms with van der Waals surface area (Å²) in [6.07, 6.45) is 1.93. The molecule has 1 N–H and O–H groups in total. The molecule has 0 bridgehead atoms. The Hall–Kier alpha value is -1.36. The van der Waals surface area contributed by atoms with Crippen LogP contribution in [0, 0.1) is 12.3 Å². The fourth-order valence-electron chi connectivity index (χ4n) is 2.88. The third-order valence-electron chi connectivity index (χ3n) is 4.40. The van der Waals surface area contributed by atoms with E-state index in [0.29, 0.717) is 31.5 Å². The second kappa shape index (κ2) is 6.18. The molecule has 1 fully saturated rings. The average Bonchev–Trinajstić information content (AvgIpc) is 2.49. The third-order valence-corrected chi connectivity index (χ3v) is 5.29. The number of piperidine rings is 1. The first-order chi connectivity index (χ1) is 9.89. The monoisotopic (exact) mass is 353 g/mol. The lowest BCUT2D eigenvalue weighted by atomic mass is 9.77. The third kappa shape index (κ3) is 3.12. The number of hydrogen-bond donors (Lipinski definition) is 1. The van der Waals surface area contributed by atoms with E-state index < -0.39 is 11.4 Å². The molecule has 1 saturated heterocycles. The molecule has 1 aromatic carbocycles. The topological polar surface area (TPSA) is 57.6 Å². The zero-order valence-corrected chi connectivity index (χ0v) is 13.9. The number of aliphatic carboxylic acids is 1. The Morgan fingerprint density at radius 3 is 2.71 bits per heavy atom. The maximum atomic E-state index is 12.6. The summed E-state index contributed by atoms with van der Waals surface area (Å²) in [5.41, 5.74) is 0.823. The van der Waals surface area contributed by atoms with Gasteiger partial charge in [-0.05, 0) is 49.9 Å². The van der Waals surface area contributed by atoms with Gasteiger partial charge < -0.3 is 10.0 Å².